The molecule has 0 aromatic heterocycles. The van der Waals surface area contributed by atoms with Gasteiger partial charge in [-0.25, -0.2) is 0 Å². The molecule has 1 aromatic carbocycles. The van der Waals surface area contributed by atoms with Crippen molar-refractivity contribution >= 4 is 11.8 Å². The quantitative estimate of drug-likeness (QED) is 0.630. The first-order valence-corrected chi connectivity index (χ1v) is 5.48. The van der Waals surface area contributed by atoms with Crippen molar-refractivity contribution in [1.82, 2.24) is 0 Å². The van der Waals surface area contributed by atoms with Crippen LogP contribution in [0.5, 0.6) is 5.75 Å². The van der Waals surface area contributed by atoms with Gasteiger partial charge < -0.3 is 10.0 Å². The summed E-state index contributed by atoms with van der Waals surface area (Å²) in [6.45, 7) is 5.75. The van der Waals surface area contributed by atoms with E-state index in [0.29, 0.717) is 5.56 Å². The fourth-order valence-corrected chi connectivity index (χ4v) is 1.60. The number of phenolic OH excluding ortho intramolecular Hbond substituents is 1. The lowest BCUT2D eigenvalue weighted by Crippen LogP contribution is -2.21. The first kappa shape index (κ1) is 13.0. The van der Waals surface area contributed by atoms with Gasteiger partial charge in [0.15, 0.2) is 0 Å². The fraction of sp³-hybridized carbons (Fsp3) is 0.333. The Balaban J connectivity index is 2.97. The maximum atomic E-state index is 10.2. The van der Waals surface area contributed by atoms with Gasteiger partial charge in [-0.3, -0.25) is 10.1 Å². The second-order valence-electron chi connectivity index (χ2n) is 3.52. The number of nitro groups is 1. The molecule has 92 valence electrons. The van der Waals surface area contributed by atoms with Gasteiger partial charge in [0.05, 0.1) is 4.92 Å². The highest BCUT2D eigenvalue weighted by atomic mass is 16.6. The van der Waals surface area contributed by atoms with Crippen molar-refractivity contribution in [3.8, 4) is 5.75 Å². The third kappa shape index (κ3) is 3.48. The molecule has 1 N–H and O–H groups in total. The van der Waals surface area contributed by atoms with Gasteiger partial charge in [0, 0.05) is 36.5 Å². The summed E-state index contributed by atoms with van der Waals surface area (Å²) in [7, 11) is 0. The molecule has 0 bridgehead atoms. The number of aromatic hydroxyl groups is 1. The molecule has 5 nitrogen and oxygen atoms in total. The van der Waals surface area contributed by atoms with Gasteiger partial charge in [0.2, 0.25) is 6.20 Å². The average Bonchev–Trinajstić information content (AvgIpc) is 2.29. The molecule has 1 aromatic rings. The van der Waals surface area contributed by atoms with E-state index in [4.69, 9.17) is 0 Å². The largest absolute Gasteiger partial charge is 0.507 e. The summed E-state index contributed by atoms with van der Waals surface area (Å²) in [4.78, 5) is 11.7. The molecular weight excluding hydrogens is 220 g/mol. The highest BCUT2D eigenvalue weighted by Crippen LogP contribution is 2.25. The topological polar surface area (TPSA) is 66.6 Å². The Morgan fingerprint density at radius 2 is 2.06 bits per heavy atom. The van der Waals surface area contributed by atoms with Crippen molar-refractivity contribution in [1.29, 1.82) is 0 Å². The van der Waals surface area contributed by atoms with Crippen molar-refractivity contribution < 1.29 is 10.0 Å². The summed E-state index contributed by atoms with van der Waals surface area (Å²) in [6.07, 6.45) is 2.09. The van der Waals surface area contributed by atoms with Crippen LogP contribution in [0.25, 0.3) is 6.08 Å². The van der Waals surface area contributed by atoms with Crippen LogP contribution in [0.4, 0.5) is 5.69 Å². The van der Waals surface area contributed by atoms with Crippen LogP contribution in [0, 0.1) is 10.1 Å². The molecule has 0 aliphatic carbocycles. The van der Waals surface area contributed by atoms with E-state index >= 15 is 0 Å². The van der Waals surface area contributed by atoms with Gasteiger partial charge >= 0.3 is 0 Å². The van der Waals surface area contributed by atoms with Crippen molar-refractivity contribution in [3.63, 3.8) is 0 Å². The van der Waals surface area contributed by atoms with Crippen molar-refractivity contribution in [2.24, 2.45) is 0 Å². The Kier molecular flexibility index (Phi) is 4.51. The molecule has 0 fully saturated rings. The second kappa shape index (κ2) is 5.89. The fourth-order valence-electron chi connectivity index (χ4n) is 1.60. The highest BCUT2D eigenvalue weighted by molar-refractivity contribution is 5.62. The number of phenols is 1. The Labute approximate surface area is 100 Å². The van der Waals surface area contributed by atoms with Crippen molar-refractivity contribution in [2.45, 2.75) is 13.8 Å². The predicted molar refractivity (Wildman–Crippen MR) is 67.7 cm³/mol. The molecule has 5 heteroatoms. The molecule has 0 radical (unpaired) electrons. The monoisotopic (exact) mass is 236 g/mol. The zero-order chi connectivity index (χ0) is 12.8. The summed E-state index contributed by atoms with van der Waals surface area (Å²) in [5.74, 6) is 0.0486. The normalized spacial score (nSPS) is 10.7. The van der Waals surface area contributed by atoms with Gasteiger partial charge in [-0.1, -0.05) is 0 Å². The zero-order valence-corrected chi connectivity index (χ0v) is 9.96. The van der Waals surface area contributed by atoms with Crippen LogP contribution in [0.1, 0.15) is 19.4 Å². The molecule has 0 atom stereocenters. The minimum atomic E-state index is -0.558. The van der Waals surface area contributed by atoms with E-state index in [1.165, 1.54) is 6.08 Å². The molecule has 0 aliphatic heterocycles. The van der Waals surface area contributed by atoms with E-state index < -0.39 is 4.92 Å². The minimum Gasteiger partial charge on any atom is -0.507 e. The molecule has 1 rings (SSSR count). The summed E-state index contributed by atoms with van der Waals surface area (Å²) in [5, 5.41) is 19.9. The minimum absolute atomic E-state index is 0.0486. The van der Waals surface area contributed by atoms with E-state index in [-0.39, 0.29) is 5.75 Å². The van der Waals surface area contributed by atoms with Gasteiger partial charge in [0.1, 0.15) is 5.75 Å². The standard InChI is InChI=1S/C12H16N2O3/c1-3-13(4-2)11-6-5-10(12(15)9-11)7-8-14(16)17/h5-9,15H,3-4H2,1-2H3/b8-7+. The van der Waals surface area contributed by atoms with E-state index in [0.717, 1.165) is 25.0 Å². The molecule has 0 amide bonds. The maximum Gasteiger partial charge on any atom is 0.235 e. The summed E-state index contributed by atoms with van der Waals surface area (Å²) in [5.41, 5.74) is 1.35. The van der Waals surface area contributed by atoms with Crippen LogP contribution < -0.4 is 4.90 Å². The van der Waals surface area contributed by atoms with Crippen molar-refractivity contribution in [3.05, 3.63) is 40.1 Å². The lowest BCUT2D eigenvalue weighted by molar-refractivity contribution is -0.400. The second-order valence-corrected chi connectivity index (χ2v) is 3.52. The van der Waals surface area contributed by atoms with Crippen LogP contribution in [-0.2, 0) is 0 Å². The smallest absolute Gasteiger partial charge is 0.235 e. The lowest BCUT2D eigenvalue weighted by Gasteiger charge is -2.21. The van der Waals surface area contributed by atoms with Gasteiger partial charge in [0.25, 0.3) is 0 Å². The van der Waals surface area contributed by atoms with Gasteiger partial charge in [-0.2, -0.15) is 0 Å². The van der Waals surface area contributed by atoms with Crippen LogP contribution in [0.3, 0.4) is 0 Å². The average molecular weight is 236 g/mol. The number of benzene rings is 1. The predicted octanol–water partition coefficient (Wildman–Crippen LogP) is 2.49. The molecule has 0 spiro atoms. The van der Waals surface area contributed by atoms with E-state index in [2.05, 4.69) is 4.90 Å². The zero-order valence-electron chi connectivity index (χ0n) is 9.96. The third-order valence-electron chi connectivity index (χ3n) is 2.52. The third-order valence-corrected chi connectivity index (χ3v) is 2.52. The number of anilines is 1. The molecule has 0 heterocycles. The number of nitrogens with zero attached hydrogens (tertiary/aromatic N) is 2. The van der Waals surface area contributed by atoms with E-state index in [1.807, 2.05) is 19.9 Å². The molecular formula is C12H16N2O3. The van der Waals surface area contributed by atoms with E-state index in [9.17, 15) is 15.2 Å². The lowest BCUT2D eigenvalue weighted by atomic mass is 10.1. The first-order valence-electron chi connectivity index (χ1n) is 5.48. The summed E-state index contributed by atoms with van der Waals surface area (Å²) < 4.78 is 0. The molecule has 0 unspecified atom stereocenters. The van der Waals surface area contributed by atoms with Crippen LogP contribution in [0.2, 0.25) is 0 Å². The first-order chi connectivity index (χ1) is 8.08. The Morgan fingerprint density at radius 3 is 2.53 bits per heavy atom. The van der Waals surface area contributed by atoms with Crippen LogP contribution >= 0.6 is 0 Å². The summed E-state index contributed by atoms with van der Waals surface area (Å²) in [6, 6.07) is 5.13. The number of hydrogen-bond donors (Lipinski definition) is 1. The molecule has 0 saturated heterocycles. The highest BCUT2D eigenvalue weighted by Gasteiger charge is 2.05. The Hall–Kier alpha value is -2.04. The summed E-state index contributed by atoms with van der Waals surface area (Å²) >= 11 is 0. The van der Waals surface area contributed by atoms with E-state index in [1.54, 1.807) is 12.1 Å². The number of hydrogen-bond acceptors (Lipinski definition) is 4. The van der Waals surface area contributed by atoms with Crippen LogP contribution in [-0.4, -0.2) is 23.1 Å². The maximum absolute atomic E-state index is 10.2. The van der Waals surface area contributed by atoms with Gasteiger partial charge in [-0.15, -0.1) is 0 Å². The van der Waals surface area contributed by atoms with Crippen molar-refractivity contribution in [2.75, 3.05) is 18.0 Å². The SMILES string of the molecule is CCN(CC)c1ccc(/C=C/[N+](=O)[O-])c(O)c1. The van der Waals surface area contributed by atoms with Gasteiger partial charge in [-0.05, 0) is 26.0 Å². The Morgan fingerprint density at radius 1 is 1.41 bits per heavy atom. The molecule has 17 heavy (non-hydrogen) atoms. The van der Waals surface area contributed by atoms with Crippen LogP contribution in [0.15, 0.2) is 24.4 Å². The molecule has 0 aliphatic rings. The Bertz CT molecular complexity index is 426. The number of rotatable bonds is 5. The molecule has 0 saturated carbocycles.